The van der Waals surface area contributed by atoms with Gasteiger partial charge >= 0.3 is 0 Å². The van der Waals surface area contributed by atoms with E-state index in [2.05, 4.69) is 18.3 Å². The SMILES string of the molecule is CCCNC(c1cc(Cl)cc(Cl)c1)c1ccccc1OC. The summed E-state index contributed by atoms with van der Waals surface area (Å²) in [7, 11) is 1.68. The van der Waals surface area contributed by atoms with Crippen LogP contribution in [0.4, 0.5) is 0 Å². The largest absolute Gasteiger partial charge is 0.496 e. The van der Waals surface area contributed by atoms with Crippen LogP contribution in [0.2, 0.25) is 10.0 Å². The van der Waals surface area contributed by atoms with Crippen LogP contribution >= 0.6 is 23.2 Å². The molecule has 2 aromatic rings. The predicted octanol–water partition coefficient (Wildman–Crippen LogP) is 5.09. The maximum Gasteiger partial charge on any atom is 0.123 e. The number of para-hydroxylation sites is 1. The number of hydrogen-bond donors (Lipinski definition) is 1. The molecular weight excluding hydrogens is 305 g/mol. The predicted molar refractivity (Wildman–Crippen MR) is 89.6 cm³/mol. The Hall–Kier alpha value is -1.22. The van der Waals surface area contributed by atoms with Gasteiger partial charge in [0.05, 0.1) is 13.2 Å². The van der Waals surface area contributed by atoms with Crippen LogP contribution in [0.5, 0.6) is 5.75 Å². The zero-order valence-corrected chi connectivity index (χ0v) is 13.7. The zero-order chi connectivity index (χ0) is 15.2. The highest BCUT2D eigenvalue weighted by molar-refractivity contribution is 6.34. The van der Waals surface area contributed by atoms with Gasteiger partial charge in [0.15, 0.2) is 0 Å². The number of benzene rings is 2. The van der Waals surface area contributed by atoms with E-state index >= 15 is 0 Å². The molecular formula is C17H19Cl2NO. The van der Waals surface area contributed by atoms with Crippen molar-refractivity contribution in [1.29, 1.82) is 0 Å². The van der Waals surface area contributed by atoms with Crippen LogP contribution < -0.4 is 10.1 Å². The van der Waals surface area contributed by atoms with Gasteiger partial charge < -0.3 is 10.1 Å². The average Bonchev–Trinajstić information content (AvgIpc) is 2.47. The smallest absolute Gasteiger partial charge is 0.123 e. The minimum absolute atomic E-state index is 0.00250. The third-order valence-electron chi connectivity index (χ3n) is 3.27. The zero-order valence-electron chi connectivity index (χ0n) is 12.2. The van der Waals surface area contributed by atoms with E-state index in [1.807, 2.05) is 30.3 Å². The molecule has 1 atom stereocenters. The summed E-state index contributed by atoms with van der Waals surface area (Å²) < 4.78 is 5.48. The van der Waals surface area contributed by atoms with Gasteiger partial charge in [-0.15, -0.1) is 0 Å². The van der Waals surface area contributed by atoms with Crippen molar-refractivity contribution >= 4 is 23.2 Å². The minimum Gasteiger partial charge on any atom is -0.496 e. The van der Waals surface area contributed by atoms with E-state index in [1.165, 1.54) is 0 Å². The highest BCUT2D eigenvalue weighted by atomic mass is 35.5. The summed E-state index contributed by atoms with van der Waals surface area (Å²) in [6, 6.07) is 13.6. The average molecular weight is 324 g/mol. The van der Waals surface area contributed by atoms with E-state index in [0.717, 1.165) is 29.8 Å². The normalized spacial score (nSPS) is 12.2. The topological polar surface area (TPSA) is 21.3 Å². The van der Waals surface area contributed by atoms with Crippen molar-refractivity contribution < 1.29 is 4.74 Å². The second-order valence-electron chi connectivity index (χ2n) is 4.83. The molecule has 0 spiro atoms. The molecule has 0 heterocycles. The van der Waals surface area contributed by atoms with Crippen molar-refractivity contribution in [2.24, 2.45) is 0 Å². The number of methoxy groups -OCH3 is 1. The van der Waals surface area contributed by atoms with Crippen LogP contribution in [-0.4, -0.2) is 13.7 Å². The van der Waals surface area contributed by atoms with Gasteiger partial charge in [-0.2, -0.15) is 0 Å². The van der Waals surface area contributed by atoms with E-state index in [1.54, 1.807) is 13.2 Å². The van der Waals surface area contributed by atoms with E-state index in [9.17, 15) is 0 Å². The van der Waals surface area contributed by atoms with Gasteiger partial charge in [0.2, 0.25) is 0 Å². The minimum atomic E-state index is -0.00250. The first-order valence-corrected chi connectivity index (χ1v) is 7.73. The van der Waals surface area contributed by atoms with Gasteiger partial charge in [0, 0.05) is 15.6 Å². The summed E-state index contributed by atoms with van der Waals surface area (Å²) in [6.07, 6.45) is 1.04. The fraction of sp³-hybridized carbons (Fsp3) is 0.294. The number of ether oxygens (including phenoxy) is 1. The molecule has 0 amide bonds. The van der Waals surface area contributed by atoms with Crippen LogP contribution in [-0.2, 0) is 0 Å². The van der Waals surface area contributed by atoms with E-state index in [-0.39, 0.29) is 6.04 Å². The van der Waals surface area contributed by atoms with Gasteiger partial charge in [0.1, 0.15) is 5.75 Å². The molecule has 4 heteroatoms. The Morgan fingerprint density at radius 1 is 1.10 bits per heavy atom. The highest BCUT2D eigenvalue weighted by Gasteiger charge is 2.18. The molecule has 0 fully saturated rings. The standard InChI is InChI=1S/C17H19Cl2NO/c1-3-8-20-17(12-9-13(18)11-14(19)10-12)15-6-4-5-7-16(15)21-2/h4-7,9-11,17,20H,3,8H2,1-2H3. The quantitative estimate of drug-likeness (QED) is 0.799. The van der Waals surface area contributed by atoms with Gasteiger partial charge in [-0.1, -0.05) is 48.3 Å². The molecule has 1 unspecified atom stereocenters. The molecule has 1 N–H and O–H groups in total. The lowest BCUT2D eigenvalue weighted by Gasteiger charge is -2.22. The molecule has 2 nitrogen and oxygen atoms in total. The Balaban J connectivity index is 2.46. The molecule has 0 aliphatic carbocycles. The van der Waals surface area contributed by atoms with Crippen LogP contribution in [0, 0.1) is 0 Å². The molecule has 0 bridgehead atoms. The lowest BCUT2D eigenvalue weighted by Crippen LogP contribution is -2.23. The Morgan fingerprint density at radius 3 is 2.38 bits per heavy atom. The lowest BCUT2D eigenvalue weighted by atomic mass is 9.97. The summed E-state index contributed by atoms with van der Waals surface area (Å²) >= 11 is 12.3. The summed E-state index contributed by atoms with van der Waals surface area (Å²) in [5.74, 6) is 0.849. The molecule has 21 heavy (non-hydrogen) atoms. The van der Waals surface area contributed by atoms with Gasteiger partial charge in [0.25, 0.3) is 0 Å². The molecule has 0 aromatic heterocycles. The lowest BCUT2D eigenvalue weighted by molar-refractivity contribution is 0.404. The van der Waals surface area contributed by atoms with Crippen molar-refractivity contribution in [3.05, 3.63) is 63.6 Å². The van der Waals surface area contributed by atoms with E-state index in [0.29, 0.717) is 10.0 Å². The fourth-order valence-electron chi connectivity index (χ4n) is 2.34. The molecule has 0 saturated heterocycles. The number of hydrogen-bond acceptors (Lipinski definition) is 2. The first kappa shape index (κ1) is 16.2. The maximum atomic E-state index is 6.15. The van der Waals surface area contributed by atoms with Crippen molar-refractivity contribution in [1.82, 2.24) is 5.32 Å². The van der Waals surface area contributed by atoms with Crippen molar-refractivity contribution in [2.75, 3.05) is 13.7 Å². The second kappa shape index (κ2) is 7.69. The Bertz CT molecular complexity index is 581. The molecule has 0 saturated carbocycles. The number of nitrogens with one attached hydrogen (secondary N) is 1. The molecule has 2 aromatic carbocycles. The molecule has 0 aliphatic heterocycles. The van der Waals surface area contributed by atoms with Gasteiger partial charge in [-0.05, 0) is 42.8 Å². The van der Waals surface area contributed by atoms with Crippen molar-refractivity contribution in [3.8, 4) is 5.75 Å². The van der Waals surface area contributed by atoms with Gasteiger partial charge in [-0.3, -0.25) is 0 Å². The Labute approximate surface area is 136 Å². The van der Waals surface area contributed by atoms with E-state index < -0.39 is 0 Å². The monoisotopic (exact) mass is 323 g/mol. The first-order valence-electron chi connectivity index (χ1n) is 6.98. The summed E-state index contributed by atoms with van der Waals surface area (Å²) in [5.41, 5.74) is 2.11. The molecule has 0 radical (unpaired) electrons. The molecule has 0 aliphatic rings. The first-order chi connectivity index (χ1) is 10.2. The maximum absolute atomic E-state index is 6.15. The summed E-state index contributed by atoms with van der Waals surface area (Å²) in [6.45, 7) is 3.03. The summed E-state index contributed by atoms with van der Waals surface area (Å²) in [5, 5.41) is 4.80. The number of halogens is 2. The van der Waals surface area contributed by atoms with Crippen LogP contribution in [0.1, 0.15) is 30.5 Å². The number of rotatable bonds is 6. The Morgan fingerprint density at radius 2 is 1.76 bits per heavy atom. The Kier molecular flexibility index (Phi) is 5.92. The van der Waals surface area contributed by atoms with Crippen molar-refractivity contribution in [2.45, 2.75) is 19.4 Å². The second-order valence-corrected chi connectivity index (χ2v) is 5.70. The summed E-state index contributed by atoms with van der Waals surface area (Å²) in [4.78, 5) is 0. The van der Waals surface area contributed by atoms with Gasteiger partial charge in [-0.25, -0.2) is 0 Å². The fourth-order valence-corrected chi connectivity index (χ4v) is 2.89. The van der Waals surface area contributed by atoms with Crippen LogP contribution in [0.25, 0.3) is 0 Å². The third kappa shape index (κ3) is 4.13. The van der Waals surface area contributed by atoms with Crippen LogP contribution in [0.15, 0.2) is 42.5 Å². The van der Waals surface area contributed by atoms with Crippen LogP contribution in [0.3, 0.4) is 0 Å². The van der Waals surface area contributed by atoms with E-state index in [4.69, 9.17) is 27.9 Å². The van der Waals surface area contributed by atoms with Crippen molar-refractivity contribution in [3.63, 3.8) is 0 Å². The third-order valence-corrected chi connectivity index (χ3v) is 3.70. The highest BCUT2D eigenvalue weighted by Crippen LogP contribution is 2.32. The molecule has 2 rings (SSSR count). The molecule has 112 valence electrons.